The standard InChI is InChI=1S/C15H16BrN3O3/c16-11-5-3-10(4-6-11)8-13-17-15(22-18-13)12-2-1-7-19(12)9-14(20)21/h3-6,12H,1-2,7-9H2,(H,20,21)/t12-/m0/s1. The van der Waals surface area contributed by atoms with Gasteiger partial charge in [0, 0.05) is 10.9 Å². The minimum absolute atomic E-state index is 0.00902. The fourth-order valence-electron chi connectivity index (χ4n) is 2.73. The Morgan fingerprint density at radius 2 is 2.18 bits per heavy atom. The number of rotatable bonds is 5. The van der Waals surface area contributed by atoms with Crippen molar-refractivity contribution in [2.24, 2.45) is 0 Å². The van der Waals surface area contributed by atoms with Crippen LogP contribution in [0.1, 0.15) is 36.2 Å². The van der Waals surface area contributed by atoms with Gasteiger partial charge in [0.15, 0.2) is 5.82 Å². The molecule has 0 radical (unpaired) electrons. The third kappa shape index (κ3) is 3.53. The second-order valence-corrected chi connectivity index (χ2v) is 6.29. The van der Waals surface area contributed by atoms with Gasteiger partial charge >= 0.3 is 5.97 Å². The summed E-state index contributed by atoms with van der Waals surface area (Å²) in [7, 11) is 0. The first-order valence-electron chi connectivity index (χ1n) is 7.14. The molecule has 0 saturated carbocycles. The molecule has 6 nitrogen and oxygen atoms in total. The average molecular weight is 366 g/mol. The van der Waals surface area contributed by atoms with E-state index in [1.807, 2.05) is 29.2 Å². The maximum atomic E-state index is 10.9. The van der Waals surface area contributed by atoms with Crippen molar-refractivity contribution < 1.29 is 14.4 Å². The van der Waals surface area contributed by atoms with Crippen molar-refractivity contribution in [1.29, 1.82) is 0 Å². The molecule has 1 atom stereocenters. The van der Waals surface area contributed by atoms with Gasteiger partial charge in [-0.25, -0.2) is 0 Å². The fourth-order valence-corrected chi connectivity index (χ4v) is 2.99. The van der Waals surface area contributed by atoms with Crippen molar-refractivity contribution in [3.05, 3.63) is 46.0 Å². The van der Waals surface area contributed by atoms with E-state index in [1.165, 1.54) is 0 Å². The summed E-state index contributed by atoms with van der Waals surface area (Å²) in [6.07, 6.45) is 2.40. The van der Waals surface area contributed by atoms with Crippen LogP contribution in [-0.4, -0.2) is 39.2 Å². The quantitative estimate of drug-likeness (QED) is 0.877. The van der Waals surface area contributed by atoms with Crippen LogP contribution in [0.5, 0.6) is 0 Å². The molecule has 2 heterocycles. The number of nitrogens with zero attached hydrogens (tertiary/aromatic N) is 3. The molecule has 1 aromatic carbocycles. The van der Waals surface area contributed by atoms with E-state index >= 15 is 0 Å². The minimum atomic E-state index is -0.832. The summed E-state index contributed by atoms with van der Waals surface area (Å²) >= 11 is 3.40. The molecular formula is C15H16BrN3O3. The average Bonchev–Trinajstić information content (AvgIpc) is 3.10. The highest BCUT2D eigenvalue weighted by molar-refractivity contribution is 9.10. The van der Waals surface area contributed by atoms with Crippen LogP contribution in [0.25, 0.3) is 0 Å². The number of hydrogen-bond acceptors (Lipinski definition) is 5. The largest absolute Gasteiger partial charge is 0.480 e. The number of hydrogen-bond donors (Lipinski definition) is 1. The maximum Gasteiger partial charge on any atom is 0.317 e. The van der Waals surface area contributed by atoms with Gasteiger partial charge in [0.05, 0.1) is 12.6 Å². The number of likely N-dealkylation sites (tertiary alicyclic amines) is 1. The van der Waals surface area contributed by atoms with Gasteiger partial charge in [-0.15, -0.1) is 0 Å². The van der Waals surface area contributed by atoms with Gasteiger partial charge in [-0.3, -0.25) is 9.69 Å². The van der Waals surface area contributed by atoms with Gasteiger partial charge in [0.1, 0.15) is 0 Å². The summed E-state index contributed by atoms with van der Waals surface area (Å²) in [5, 5.41) is 13.0. The highest BCUT2D eigenvalue weighted by Gasteiger charge is 2.31. The Kier molecular flexibility index (Phi) is 4.54. The van der Waals surface area contributed by atoms with E-state index in [4.69, 9.17) is 9.63 Å². The normalized spacial score (nSPS) is 18.7. The van der Waals surface area contributed by atoms with Crippen LogP contribution in [0.4, 0.5) is 0 Å². The SMILES string of the molecule is O=C(O)CN1CCC[C@H]1c1nc(Cc2ccc(Br)cc2)no1. The maximum absolute atomic E-state index is 10.9. The lowest BCUT2D eigenvalue weighted by atomic mass is 10.1. The fraction of sp³-hybridized carbons (Fsp3) is 0.400. The van der Waals surface area contributed by atoms with E-state index < -0.39 is 5.97 Å². The van der Waals surface area contributed by atoms with E-state index in [9.17, 15) is 4.79 Å². The van der Waals surface area contributed by atoms with Gasteiger partial charge in [-0.1, -0.05) is 33.2 Å². The summed E-state index contributed by atoms with van der Waals surface area (Å²) in [4.78, 5) is 17.2. The first-order valence-corrected chi connectivity index (χ1v) is 7.94. The number of aliphatic carboxylic acids is 1. The molecule has 7 heteroatoms. The molecule has 22 heavy (non-hydrogen) atoms. The summed E-state index contributed by atoms with van der Waals surface area (Å²) in [6.45, 7) is 0.760. The van der Waals surface area contributed by atoms with Crippen molar-refractivity contribution in [2.45, 2.75) is 25.3 Å². The Morgan fingerprint density at radius 3 is 2.91 bits per heavy atom. The lowest BCUT2D eigenvalue weighted by molar-refractivity contribution is -0.138. The highest BCUT2D eigenvalue weighted by Crippen LogP contribution is 2.30. The van der Waals surface area contributed by atoms with Crippen LogP contribution in [0.3, 0.4) is 0 Å². The van der Waals surface area contributed by atoms with E-state index in [2.05, 4.69) is 26.1 Å². The smallest absolute Gasteiger partial charge is 0.317 e. The topological polar surface area (TPSA) is 79.5 Å². The Balaban J connectivity index is 1.70. The van der Waals surface area contributed by atoms with Crippen LogP contribution >= 0.6 is 15.9 Å². The molecule has 1 fully saturated rings. The third-order valence-electron chi connectivity index (χ3n) is 3.75. The van der Waals surface area contributed by atoms with Crippen molar-refractivity contribution in [1.82, 2.24) is 15.0 Å². The summed E-state index contributed by atoms with van der Waals surface area (Å²) in [5.41, 5.74) is 1.10. The van der Waals surface area contributed by atoms with Crippen LogP contribution in [0.2, 0.25) is 0 Å². The highest BCUT2D eigenvalue weighted by atomic mass is 79.9. The van der Waals surface area contributed by atoms with Crippen molar-refractivity contribution in [3.8, 4) is 0 Å². The molecule has 0 aliphatic carbocycles. The molecule has 1 aliphatic rings. The predicted octanol–water partition coefficient (Wildman–Crippen LogP) is 2.64. The molecule has 1 aliphatic heterocycles. The lowest BCUT2D eigenvalue weighted by Gasteiger charge is -2.18. The van der Waals surface area contributed by atoms with Crippen LogP contribution in [0.15, 0.2) is 33.3 Å². The zero-order valence-corrected chi connectivity index (χ0v) is 13.5. The predicted molar refractivity (Wildman–Crippen MR) is 82.4 cm³/mol. The van der Waals surface area contributed by atoms with Crippen molar-refractivity contribution in [3.63, 3.8) is 0 Å². The van der Waals surface area contributed by atoms with E-state index in [1.54, 1.807) is 0 Å². The molecule has 1 saturated heterocycles. The Bertz CT molecular complexity index is 656. The number of aromatic nitrogens is 2. The number of carboxylic acids is 1. The number of carbonyl (C=O) groups is 1. The van der Waals surface area contributed by atoms with E-state index in [0.717, 1.165) is 29.4 Å². The molecule has 0 amide bonds. The first-order chi connectivity index (χ1) is 10.6. The Labute approximate surface area is 136 Å². The van der Waals surface area contributed by atoms with E-state index in [0.29, 0.717) is 18.1 Å². The Morgan fingerprint density at radius 1 is 1.41 bits per heavy atom. The molecule has 0 bridgehead atoms. The van der Waals surface area contributed by atoms with Gasteiger partial charge in [-0.2, -0.15) is 4.98 Å². The number of halogens is 1. The zero-order chi connectivity index (χ0) is 15.5. The lowest BCUT2D eigenvalue weighted by Crippen LogP contribution is -2.29. The molecule has 1 aromatic heterocycles. The molecule has 0 spiro atoms. The second kappa shape index (κ2) is 6.58. The molecule has 116 valence electrons. The van der Waals surface area contributed by atoms with Gasteiger partial charge in [-0.05, 0) is 37.1 Å². The molecular weight excluding hydrogens is 350 g/mol. The minimum Gasteiger partial charge on any atom is -0.480 e. The van der Waals surface area contributed by atoms with Crippen LogP contribution in [-0.2, 0) is 11.2 Å². The Hall–Kier alpha value is -1.73. The van der Waals surface area contributed by atoms with Crippen molar-refractivity contribution >= 4 is 21.9 Å². The number of benzene rings is 1. The van der Waals surface area contributed by atoms with Gasteiger partial charge in [0.2, 0.25) is 5.89 Å². The van der Waals surface area contributed by atoms with Crippen LogP contribution in [0, 0.1) is 0 Å². The molecule has 1 N–H and O–H groups in total. The first kappa shape index (κ1) is 15.2. The molecule has 3 rings (SSSR count). The number of carboxylic acid groups (broad SMARTS) is 1. The molecule has 2 aromatic rings. The van der Waals surface area contributed by atoms with Crippen molar-refractivity contribution in [2.75, 3.05) is 13.1 Å². The van der Waals surface area contributed by atoms with Gasteiger partial charge < -0.3 is 9.63 Å². The summed E-state index contributed by atoms with van der Waals surface area (Å²) in [5.74, 6) is 0.312. The third-order valence-corrected chi connectivity index (χ3v) is 4.28. The summed E-state index contributed by atoms with van der Waals surface area (Å²) in [6, 6.07) is 7.88. The molecule has 0 unspecified atom stereocenters. The summed E-state index contributed by atoms with van der Waals surface area (Å²) < 4.78 is 6.38. The van der Waals surface area contributed by atoms with E-state index in [-0.39, 0.29) is 12.6 Å². The van der Waals surface area contributed by atoms with Crippen LogP contribution < -0.4 is 0 Å². The van der Waals surface area contributed by atoms with Gasteiger partial charge in [0.25, 0.3) is 0 Å². The zero-order valence-electron chi connectivity index (χ0n) is 11.9. The monoisotopic (exact) mass is 365 g/mol. The second-order valence-electron chi connectivity index (χ2n) is 5.37.